The number of hydrogen-bond acceptors (Lipinski definition) is 8. The summed E-state index contributed by atoms with van der Waals surface area (Å²) >= 11 is 0. The zero-order valence-corrected chi connectivity index (χ0v) is 19.5. The third kappa shape index (κ3) is 8.77. The standard InChI is InChI=1S/C23H39N7O3/c24-19-7-3-6-10-25-20-18(21(31)28-15-17-8-13-33-14-9-17)16-29-23(30-20)27-12-5-2-1-4-11-26-22(19)32/h16-17,19H,1-15,24H2,(H,26,32)(H,28,31)(H2,25,27,29,30)/t19-/m0/s1. The number of carbonyl (C=O) groups excluding carboxylic acids is 2. The monoisotopic (exact) mass is 461 g/mol. The number of aromatic nitrogens is 2. The van der Waals surface area contributed by atoms with Crippen molar-refractivity contribution in [3.8, 4) is 0 Å². The Morgan fingerprint density at radius 1 is 1.00 bits per heavy atom. The molecule has 0 saturated carbocycles. The fourth-order valence-electron chi connectivity index (χ4n) is 4.02. The van der Waals surface area contributed by atoms with Crippen molar-refractivity contribution in [2.24, 2.45) is 11.7 Å². The van der Waals surface area contributed by atoms with Crippen molar-refractivity contribution in [1.82, 2.24) is 20.6 Å². The second-order valence-corrected chi connectivity index (χ2v) is 8.88. The van der Waals surface area contributed by atoms with Crippen molar-refractivity contribution in [2.45, 2.75) is 63.8 Å². The van der Waals surface area contributed by atoms with Crippen LogP contribution in [-0.2, 0) is 9.53 Å². The van der Waals surface area contributed by atoms with E-state index in [-0.39, 0.29) is 11.8 Å². The van der Waals surface area contributed by atoms with Gasteiger partial charge >= 0.3 is 0 Å². The van der Waals surface area contributed by atoms with Gasteiger partial charge in [0.1, 0.15) is 11.4 Å². The van der Waals surface area contributed by atoms with Crippen LogP contribution in [0.3, 0.4) is 0 Å². The third-order valence-electron chi connectivity index (χ3n) is 6.18. The summed E-state index contributed by atoms with van der Waals surface area (Å²) in [6.45, 7) is 4.19. The van der Waals surface area contributed by atoms with Crippen LogP contribution >= 0.6 is 0 Å². The van der Waals surface area contributed by atoms with Crippen molar-refractivity contribution in [3.63, 3.8) is 0 Å². The van der Waals surface area contributed by atoms with Gasteiger partial charge in [-0.3, -0.25) is 9.59 Å². The van der Waals surface area contributed by atoms with Crippen LogP contribution < -0.4 is 27.0 Å². The molecule has 3 rings (SSSR count). The molecule has 0 aromatic carbocycles. The average Bonchev–Trinajstić information content (AvgIpc) is 2.84. The van der Waals surface area contributed by atoms with Gasteiger partial charge in [-0.05, 0) is 50.9 Å². The number of nitrogens with one attached hydrogen (secondary N) is 4. The molecule has 10 nitrogen and oxygen atoms in total. The van der Waals surface area contributed by atoms with Gasteiger partial charge in [0.05, 0.1) is 6.04 Å². The van der Waals surface area contributed by atoms with E-state index in [9.17, 15) is 9.59 Å². The Morgan fingerprint density at radius 2 is 1.70 bits per heavy atom. The van der Waals surface area contributed by atoms with E-state index < -0.39 is 6.04 Å². The summed E-state index contributed by atoms with van der Waals surface area (Å²) in [4.78, 5) is 33.9. The van der Waals surface area contributed by atoms with Crippen LogP contribution in [0.2, 0.25) is 0 Å². The van der Waals surface area contributed by atoms with Crippen LogP contribution in [0.5, 0.6) is 0 Å². The van der Waals surface area contributed by atoms with Crippen LogP contribution in [-0.4, -0.2) is 67.2 Å². The molecule has 2 aliphatic rings. The molecule has 184 valence electrons. The first kappa shape index (κ1) is 25.2. The molecule has 1 saturated heterocycles. The highest BCUT2D eigenvalue weighted by molar-refractivity contribution is 5.98. The van der Waals surface area contributed by atoms with Crippen molar-refractivity contribution in [2.75, 3.05) is 50.0 Å². The Hall–Kier alpha value is -2.46. The highest BCUT2D eigenvalue weighted by Gasteiger charge is 2.19. The highest BCUT2D eigenvalue weighted by atomic mass is 16.5. The molecule has 0 aliphatic carbocycles. The number of amides is 2. The van der Waals surface area contributed by atoms with Crippen LogP contribution in [0.4, 0.5) is 11.8 Å². The van der Waals surface area contributed by atoms with E-state index in [1.807, 2.05) is 0 Å². The number of ether oxygens (including phenoxy) is 1. The first-order chi connectivity index (χ1) is 16.1. The maximum atomic E-state index is 12.9. The second kappa shape index (κ2) is 13.9. The summed E-state index contributed by atoms with van der Waals surface area (Å²) in [5, 5.41) is 12.5. The lowest BCUT2D eigenvalue weighted by Crippen LogP contribution is -2.40. The SMILES string of the molecule is N[C@H]1CCCCNc2nc(ncc2C(=O)NCC2CCOCC2)NCCCCCCNC1=O. The maximum absolute atomic E-state index is 12.9. The lowest BCUT2D eigenvalue weighted by Gasteiger charge is -2.22. The van der Waals surface area contributed by atoms with Crippen molar-refractivity contribution < 1.29 is 14.3 Å². The molecule has 0 spiro atoms. The number of nitrogens with two attached hydrogens (primary N) is 1. The topological polar surface area (TPSA) is 143 Å². The average molecular weight is 462 g/mol. The molecule has 1 aromatic rings. The minimum Gasteiger partial charge on any atom is -0.381 e. The highest BCUT2D eigenvalue weighted by Crippen LogP contribution is 2.17. The molecule has 0 radical (unpaired) electrons. The molecule has 3 heterocycles. The largest absolute Gasteiger partial charge is 0.381 e. The minimum absolute atomic E-state index is 0.0744. The zero-order chi connectivity index (χ0) is 23.3. The molecule has 1 fully saturated rings. The molecule has 6 N–H and O–H groups in total. The number of anilines is 2. The van der Waals surface area contributed by atoms with E-state index in [0.29, 0.717) is 49.3 Å². The Kier molecular flexibility index (Phi) is 10.6. The van der Waals surface area contributed by atoms with E-state index in [1.54, 1.807) is 6.20 Å². The molecule has 33 heavy (non-hydrogen) atoms. The van der Waals surface area contributed by atoms with E-state index >= 15 is 0 Å². The van der Waals surface area contributed by atoms with Crippen molar-refractivity contribution in [1.29, 1.82) is 0 Å². The van der Waals surface area contributed by atoms with Crippen LogP contribution in [0, 0.1) is 5.92 Å². The number of carbonyl (C=O) groups is 2. The van der Waals surface area contributed by atoms with Gasteiger partial charge in [0.2, 0.25) is 11.9 Å². The number of hydrogen-bond donors (Lipinski definition) is 5. The summed E-state index contributed by atoms with van der Waals surface area (Å²) in [7, 11) is 0. The normalized spacial score (nSPS) is 22.1. The Labute approximate surface area is 196 Å². The Balaban J connectivity index is 1.61. The zero-order valence-electron chi connectivity index (χ0n) is 19.5. The van der Waals surface area contributed by atoms with Gasteiger partial charge in [0.25, 0.3) is 5.91 Å². The maximum Gasteiger partial charge on any atom is 0.256 e. The van der Waals surface area contributed by atoms with E-state index in [1.165, 1.54) is 0 Å². The van der Waals surface area contributed by atoms with E-state index in [0.717, 1.165) is 71.1 Å². The van der Waals surface area contributed by atoms with Crippen molar-refractivity contribution in [3.05, 3.63) is 11.8 Å². The van der Waals surface area contributed by atoms with Gasteiger partial charge in [0.15, 0.2) is 0 Å². The number of rotatable bonds is 3. The number of nitrogens with zero attached hydrogens (tertiary/aromatic N) is 2. The molecule has 0 unspecified atom stereocenters. The van der Waals surface area contributed by atoms with Crippen LogP contribution in [0.15, 0.2) is 6.20 Å². The molecule has 2 amide bonds. The summed E-state index contributed by atoms with van der Waals surface area (Å²) in [6.07, 6.45) is 9.78. The fraction of sp³-hybridized carbons (Fsp3) is 0.739. The Morgan fingerprint density at radius 3 is 2.48 bits per heavy atom. The summed E-state index contributed by atoms with van der Waals surface area (Å²) in [5.74, 6) is 1.24. The molecule has 2 bridgehead atoms. The van der Waals surface area contributed by atoms with Gasteiger partial charge in [-0.2, -0.15) is 4.98 Å². The van der Waals surface area contributed by atoms with Gasteiger partial charge < -0.3 is 31.7 Å². The number of fused-ring (bicyclic) bond motifs is 2. The predicted molar refractivity (Wildman–Crippen MR) is 128 cm³/mol. The summed E-state index contributed by atoms with van der Waals surface area (Å²) in [5.41, 5.74) is 6.46. The second-order valence-electron chi connectivity index (χ2n) is 8.88. The van der Waals surface area contributed by atoms with Gasteiger partial charge in [0, 0.05) is 45.6 Å². The van der Waals surface area contributed by atoms with Crippen molar-refractivity contribution >= 4 is 23.6 Å². The minimum atomic E-state index is -0.481. The molecule has 1 atom stereocenters. The molecular formula is C23H39N7O3. The quantitative estimate of drug-likeness (QED) is 0.457. The van der Waals surface area contributed by atoms with Gasteiger partial charge in [-0.15, -0.1) is 0 Å². The van der Waals surface area contributed by atoms with Crippen LogP contribution in [0.25, 0.3) is 0 Å². The lowest BCUT2D eigenvalue weighted by atomic mass is 10.0. The molecule has 1 aromatic heterocycles. The first-order valence-corrected chi connectivity index (χ1v) is 12.4. The molecule has 2 aliphatic heterocycles. The van der Waals surface area contributed by atoms with E-state index in [2.05, 4.69) is 31.2 Å². The predicted octanol–water partition coefficient (Wildman–Crippen LogP) is 1.64. The van der Waals surface area contributed by atoms with E-state index in [4.69, 9.17) is 10.5 Å². The summed E-state index contributed by atoms with van der Waals surface area (Å²) < 4.78 is 5.39. The third-order valence-corrected chi connectivity index (χ3v) is 6.18. The van der Waals surface area contributed by atoms with Crippen LogP contribution in [0.1, 0.15) is 68.1 Å². The van der Waals surface area contributed by atoms with Gasteiger partial charge in [-0.25, -0.2) is 4.98 Å². The smallest absolute Gasteiger partial charge is 0.256 e. The molecular weight excluding hydrogens is 422 g/mol. The molecule has 10 heteroatoms. The Bertz CT molecular complexity index is 756. The fourth-order valence-corrected chi connectivity index (χ4v) is 4.02. The lowest BCUT2D eigenvalue weighted by molar-refractivity contribution is -0.122. The van der Waals surface area contributed by atoms with Gasteiger partial charge in [-0.1, -0.05) is 12.8 Å². The summed E-state index contributed by atoms with van der Waals surface area (Å²) in [6, 6.07) is -0.481. The first-order valence-electron chi connectivity index (χ1n) is 12.4.